The molecule has 0 saturated carbocycles. The Balaban J connectivity index is 1.52. The molecule has 1 aliphatic heterocycles. The SMILES string of the molecule is NCc1ccccc1-c1nc(C(=O)N2N=C(c3cccnc3)CC2c2ccccc2O)cs1. The van der Waals surface area contributed by atoms with E-state index < -0.39 is 6.04 Å². The minimum absolute atomic E-state index is 0.124. The van der Waals surface area contributed by atoms with Crippen LogP contribution in [0.1, 0.15) is 39.6 Å². The summed E-state index contributed by atoms with van der Waals surface area (Å²) in [7, 11) is 0. The maximum Gasteiger partial charge on any atom is 0.294 e. The van der Waals surface area contributed by atoms with Crippen LogP contribution in [0, 0.1) is 0 Å². The van der Waals surface area contributed by atoms with E-state index in [1.54, 1.807) is 29.9 Å². The number of rotatable bonds is 5. The highest BCUT2D eigenvalue weighted by Crippen LogP contribution is 2.38. The number of carbonyl (C=O) groups excluding carboxylic acids is 1. The number of thiazole rings is 1. The molecule has 0 spiro atoms. The second kappa shape index (κ2) is 8.93. The zero-order valence-electron chi connectivity index (χ0n) is 17.6. The number of hydrazone groups is 1. The highest BCUT2D eigenvalue weighted by molar-refractivity contribution is 7.13. The van der Waals surface area contributed by atoms with E-state index in [4.69, 9.17) is 5.73 Å². The van der Waals surface area contributed by atoms with Gasteiger partial charge >= 0.3 is 0 Å². The lowest BCUT2D eigenvalue weighted by atomic mass is 9.98. The summed E-state index contributed by atoms with van der Waals surface area (Å²) in [6.45, 7) is 0.388. The number of nitrogens with two attached hydrogens (primary N) is 1. The number of aromatic hydroxyl groups is 1. The van der Waals surface area contributed by atoms with E-state index in [1.807, 2.05) is 48.5 Å². The van der Waals surface area contributed by atoms with Crippen LogP contribution >= 0.6 is 11.3 Å². The highest BCUT2D eigenvalue weighted by Gasteiger charge is 2.36. The summed E-state index contributed by atoms with van der Waals surface area (Å²) in [5.74, 6) is -0.200. The van der Waals surface area contributed by atoms with Crippen molar-refractivity contribution in [3.63, 3.8) is 0 Å². The number of hydrogen-bond donors (Lipinski definition) is 2. The number of phenols is 1. The average molecular weight is 456 g/mol. The third kappa shape index (κ3) is 4.02. The van der Waals surface area contributed by atoms with E-state index in [1.165, 1.54) is 16.3 Å². The van der Waals surface area contributed by atoms with E-state index in [9.17, 15) is 9.90 Å². The van der Waals surface area contributed by atoms with Crippen LogP contribution < -0.4 is 5.73 Å². The summed E-state index contributed by atoms with van der Waals surface area (Å²) in [5.41, 5.74) is 10.3. The quantitative estimate of drug-likeness (QED) is 0.465. The number of amides is 1. The molecule has 2 aromatic carbocycles. The van der Waals surface area contributed by atoms with Crippen molar-refractivity contribution in [2.24, 2.45) is 10.8 Å². The smallest absolute Gasteiger partial charge is 0.294 e. The van der Waals surface area contributed by atoms with Crippen LogP contribution in [0.4, 0.5) is 0 Å². The molecule has 1 aliphatic rings. The molecule has 5 rings (SSSR count). The molecule has 1 amide bonds. The van der Waals surface area contributed by atoms with Gasteiger partial charge in [0.25, 0.3) is 5.91 Å². The molecule has 0 bridgehead atoms. The minimum atomic E-state index is -0.449. The fourth-order valence-corrected chi connectivity index (χ4v) is 4.79. The lowest BCUT2D eigenvalue weighted by molar-refractivity contribution is 0.0704. The third-order valence-corrected chi connectivity index (χ3v) is 6.48. The van der Waals surface area contributed by atoms with Crippen molar-refractivity contribution in [1.82, 2.24) is 15.0 Å². The number of pyridine rings is 1. The topological polar surface area (TPSA) is 105 Å². The number of benzene rings is 2. The fraction of sp³-hybridized carbons (Fsp3) is 0.120. The van der Waals surface area contributed by atoms with Gasteiger partial charge in [-0.05, 0) is 17.7 Å². The van der Waals surface area contributed by atoms with Gasteiger partial charge in [0.2, 0.25) is 0 Å². The molecule has 1 unspecified atom stereocenters. The molecule has 0 aliphatic carbocycles. The zero-order valence-corrected chi connectivity index (χ0v) is 18.4. The first kappa shape index (κ1) is 21.0. The summed E-state index contributed by atoms with van der Waals surface area (Å²) in [6, 6.07) is 18.1. The Hall–Kier alpha value is -3.88. The Morgan fingerprint density at radius 1 is 1.12 bits per heavy atom. The predicted molar refractivity (Wildman–Crippen MR) is 128 cm³/mol. The van der Waals surface area contributed by atoms with Gasteiger partial charge in [-0.25, -0.2) is 9.99 Å². The van der Waals surface area contributed by atoms with Crippen LogP contribution in [-0.2, 0) is 6.54 Å². The summed E-state index contributed by atoms with van der Waals surface area (Å²) >= 11 is 1.39. The van der Waals surface area contributed by atoms with Crippen molar-refractivity contribution in [1.29, 1.82) is 0 Å². The zero-order chi connectivity index (χ0) is 22.8. The molecule has 3 N–H and O–H groups in total. The summed E-state index contributed by atoms with van der Waals surface area (Å²) < 4.78 is 0. The lowest BCUT2D eigenvalue weighted by Crippen LogP contribution is -2.27. The van der Waals surface area contributed by atoms with Gasteiger partial charge in [-0.1, -0.05) is 48.5 Å². The molecular formula is C25H21N5O2S. The van der Waals surface area contributed by atoms with E-state index in [-0.39, 0.29) is 11.7 Å². The van der Waals surface area contributed by atoms with Crippen molar-refractivity contribution in [3.8, 4) is 16.3 Å². The van der Waals surface area contributed by atoms with Gasteiger partial charge in [0.1, 0.15) is 16.5 Å². The van der Waals surface area contributed by atoms with E-state index >= 15 is 0 Å². The van der Waals surface area contributed by atoms with E-state index in [0.29, 0.717) is 24.2 Å². The number of phenolic OH excluding ortho intramolecular Hbond substituents is 1. The Labute approximate surface area is 194 Å². The second-order valence-corrected chi connectivity index (χ2v) is 8.47. The molecule has 0 fully saturated rings. The maximum atomic E-state index is 13.6. The first-order valence-corrected chi connectivity index (χ1v) is 11.4. The van der Waals surface area contributed by atoms with Crippen molar-refractivity contribution >= 4 is 23.0 Å². The Morgan fingerprint density at radius 2 is 1.94 bits per heavy atom. The minimum Gasteiger partial charge on any atom is -0.508 e. The number of para-hydroxylation sites is 1. The number of aromatic nitrogens is 2. The standard InChI is InChI=1S/C25H21N5O2S/c26-13-16-6-1-2-8-18(16)24-28-21(15-33-24)25(32)30-22(19-9-3-4-10-23(19)31)12-20(29-30)17-7-5-11-27-14-17/h1-11,14-15,22,31H,12-13,26H2. The molecule has 0 saturated heterocycles. The number of hydrogen-bond acceptors (Lipinski definition) is 7. The molecule has 8 heteroatoms. The largest absolute Gasteiger partial charge is 0.508 e. The molecule has 7 nitrogen and oxygen atoms in total. The molecule has 164 valence electrons. The molecule has 4 aromatic rings. The molecule has 33 heavy (non-hydrogen) atoms. The van der Waals surface area contributed by atoms with Crippen LogP contribution in [-0.4, -0.2) is 31.7 Å². The van der Waals surface area contributed by atoms with Gasteiger partial charge in [0.15, 0.2) is 0 Å². The summed E-state index contributed by atoms with van der Waals surface area (Å²) in [6.07, 6.45) is 3.87. The van der Waals surface area contributed by atoms with Gasteiger partial charge in [-0.3, -0.25) is 9.78 Å². The number of carbonyl (C=O) groups is 1. The van der Waals surface area contributed by atoms with Crippen LogP contribution in [0.25, 0.3) is 10.6 Å². The van der Waals surface area contributed by atoms with Gasteiger partial charge < -0.3 is 10.8 Å². The van der Waals surface area contributed by atoms with Crippen LogP contribution in [0.15, 0.2) is 83.5 Å². The average Bonchev–Trinajstić information content (AvgIpc) is 3.53. The van der Waals surface area contributed by atoms with E-state index in [0.717, 1.165) is 27.4 Å². The molecular weight excluding hydrogens is 434 g/mol. The monoisotopic (exact) mass is 455 g/mol. The Bertz CT molecular complexity index is 1340. The van der Waals surface area contributed by atoms with Crippen molar-refractivity contribution in [3.05, 3.63) is 101 Å². The van der Waals surface area contributed by atoms with E-state index in [2.05, 4.69) is 15.1 Å². The van der Waals surface area contributed by atoms with Gasteiger partial charge in [0.05, 0.1) is 11.8 Å². The molecule has 0 radical (unpaired) electrons. The van der Waals surface area contributed by atoms with Crippen LogP contribution in [0.2, 0.25) is 0 Å². The first-order valence-electron chi connectivity index (χ1n) is 10.5. The molecule has 3 heterocycles. The van der Waals surface area contributed by atoms with Gasteiger partial charge in [-0.2, -0.15) is 5.10 Å². The lowest BCUT2D eigenvalue weighted by Gasteiger charge is -2.22. The molecule has 2 aromatic heterocycles. The van der Waals surface area contributed by atoms with Crippen molar-refractivity contribution in [2.45, 2.75) is 19.0 Å². The normalized spacial score (nSPS) is 15.5. The number of nitrogens with zero attached hydrogens (tertiary/aromatic N) is 4. The van der Waals surface area contributed by atoms with Crippen LogP contribution in [0.5, 0.6) is 5.75 Å². The van der Waals surface area contributed by atoms with Gasteiger partial charge in [-0.15, -0.1) is 11.3 Å². The fourth-order valence-electron chi connectivity index (χ4n) is 3.94. The third-order valence-electron chi connectivity index (χ3n) is 5.60. The summed E-state index contributed by atoms with van der Waals surface area (Å²) in [4.78, 5) is 22.3. The molecule has 1 atom stereocenters. The Kier molecular flexibility index (Phi) is 5.68. The van der Waals surface area contributed by atoms with Crippen molar-refractivity contribution < 1.29 is 9.90 Å². The van der Waals surface area contributed by atoms with Crippen LogP contribution in [0.3, 0.4) is 0 Å². The predicted octanol–water partition coefficient (Wildman–Crippen LogP) is 4.36. The highest BCUT2D eigenvalue weighted by atomic mass is 32.1. The van der Waals surface area contributed by atoms with Gasteiger partial charge in [0, 0.05) is 47.4 Å². The second-order valence-electron chi connectivity index (χ2n) is 7.62. The maximum absolute atomic E-state index is 13.6. The Morgan fingerprint density at radius 3 is 2.73 bits per heavy atom. The summed E-state index contributed by atoms with van der Waals surface area (Å²) in [5, 5.41) is 19.0. The first-order chi connectivity index (χ1) is 16.2. The van der Waals surface area contributed by atoms with Crippen molar-refractivity contribution in [2.75, 3.05) is 0 Å².